The zero-order chi connectivity index (χ0) is 12.5. The molecule has 0 atom stereocenters. The fraction of sp³-hybridized carbons (Fsp3) is 0.111. The first-order valence-corrected chi connectivity index (χ1v) is 5.19. The summed E-state index contributed by atoms with van der Waals surface area (Å²) >= 11 is 1.17. The van der Waals surface area contributed by atoms with Crippen LogP contribution in [0.4, 0.5) is 13.2 Å². The Bertz CT molecular complexity index is 564. The Morgan fingerprint density at radius 3 is 2.82 bits per heavy atom. The van der Waals surface area contributed by atoms with Crippen LogP contribution in [0.3, 0.4) is 0 Å². The number of hydrazone groups is 1. The minimum absolute atomic E-state index is 0.273. The fourth-order valence-electron chi connectivity index (χ4n) is 1.24. The maximum Gasteiger partial charge on any atom is 0.573 e. The van der Waals surface area contributed by atoms with E-state index in [1.807, 2.05) is 0 Å². The molecule has 0 saturated carbocycles. The number of aromatic nitrogens is 1. The molecule has 0 saturated heterocycles. The molecule has 0 fully saturated rings. The van der Waals surface area contributed by atoms with E-state index in [0.717, 1.165) is 0 Å². The summed E-state index contributed by atoms with van der Waals surface area (Å²) in [7, 11) is 0. The zero-order valence-electron chi connectivity index (χ0n) is 8.23. The highest BCUT2D eigenvalue weighted by atomic mass is 32.1. The van der Waals surface area contributed by atoms with Crippen molar-refractivity contribution >= 4 is 27.8 Å². The summed E-state index contributed by atoms with van der Waals surface area (Å²) in [6.45, 7) is 0. The van der Waals surface area contributed by atoms with Gasteiger partial charge in [-0.3, -0.25) is 0 Å². The summed E-state index contributed by atoms with van der Waals surface area (Å²) in [4.78, 5) is 4.09. The number of nitrogens with zero attached hydrogens (tertiary/aromatic N) is 2. The first-order valence-electron chi connectivity index (χ1n) is 4.37. The van der Waals surface area contributed by atoms with Gasteiger partial charge in [-0.25, -0.2) is 4.98 Å². The first kappa shape index (κ1) is 11.6. The van der Waals surface area contributed by atoms with Gasteiger partial charge in [0.2, 0.25) is 0 Å². The van der Waals surface area contributed by atoms with Gasteiger partial charge in [0.05, 0.1) is 16.4 Å². The summed E-state index contributed by atoms with van der Waals surface area (Å²) in [5.41, 5.74) is 0.569. The number of rotatable bonds is 2. The Kier molecular flexibility index (Phi) is 2.88. The first-order chi connectivity index (χ1) is 7.98. The van der Waals surface area contributed by atoms with E-state index in [-0.39, 0.29) is 5.75 Å². The lowest BCUT2D eigenvalue weighted by Crippen LogP contribution is -2.16. The minimum Gasteiger partial charge on any atom is -0.406 e. The van der Waals surface area contributed by atoms with E-state index in [2.05, 4.69) is 14.8 Å². The molecule has 0 amide bonds. The molecule has 1 heterocycles. The number of hydrogen-bond donors (Lipinski definition) is 1. The van der Waals surface area contributed by atoms with Gasteiger partial charge >= 0.3 is 6.36 Å². The van der Waals surface area contributed by atoms with Gasteiger partial charge in [0.15, 0.2) is 0 Å². The van der Waals surface area contributed by atoms with Crippen molar-refractivity contribution in [2.45, 2.75) is 6.36 Å². The van der Waals surface area contributed by atoms with Crippen molar-refractivity contribution in [3.63, 3.8) is 0 Å². The molecule has 0 unspecified atom stereocenters. The average molecular weight is 261 g/mol. The SMILES string of the molecule is NN=Cc1nc2ccc(OC(F)(F)F)cc2s1. The predicted octanol–water partition coefficient (Wildman–Crippen LogP) is 2.49. The highest BCUT2D eigenvalue weighted by molar-refractivity contribution is 7.20. The van der Waals surface area contributed by atoms with E-state index in [0.29, 0.717) is 15.2 Å². The number of hydrogen-bond acceptors (Lipinski definition) is 5. The van der Waals surface area contributed by atoms with Crippen molar-refractivity contribution in [1.82, 2.24) is 4.98 Å². The summed E-state index contributed by atoms with van der Waals surface area (Å²) in [6.07, 6.45) is -3.37. The van der Waals surface area contributed by atoms with Crippen LogP contribution in [0.2, 0.25) is 0 Å². The number of alkyl halides is 3. The third kappa shape index (κ3) is 2.84. The lowest BCUT2D eigenvalue weighted by Gasteiger charge is -2.07. The van der Waals surface area contributed by atoms with Gasteiger partial charge in [0, 0.05) is 0 Å². The van der Waals surface area contributed by atoms with E-state index in [9.17, 15) is 13.2 Å². The topological polar surface area (TPSA) is 60.5 Å². The van der Waals surface area contributed by atoms with E-state index >= 15 is 0 Å². The second-order valence-electron chi connectivity index (χ2n) is 3.01. The third-order valence-corrected chi connectivity index (χ3v) is 2.75. The fourth-order valence-corrected chi connectivity index (χ4v) is 2.12. The van der Waals surface area contributed by atoms with E-state index in [1.165, 1.54) is 35.8 Å². The number of thiazole rings is 1. The standard InChI is InChI=1S/C9H6F3N3OS/c10-9(11,12)16-5-1-2-6-7(3-5)17-8(15-6)4-14-13/h1-4H,13H2. The number of nitrogens with two attached hydrogens (primary N) is 1. The van der Waals surface area contributed by atoms with E-state index < -0.39 is 6.36 Å². The summed E-state index contributed by atoms with van der Waals surface area (Å²) in [5.74, 6) is 4.68. The average Bonchev–Trinajstić information content (AvgIpc) is 2.57. The molecule has 4 nitrogen and oxygen atoms in total. The molecule has 2 rings (SSSR count). The van der Waals surface area contributed by atoms with Crippen molar-refractivity contribution in [3.05, 3.63) is 23.2 Å². The van der Waals surface area contributed by atoms with Crippen LogP contribution >= 0.6 is 11.3 Å². The number of halogens is 3. The Labute approximate surface area is 97.5 Å². The molecular weight excluding hydrogens is 255 g/mol. The molecule has 2 N–H and O–H groups in total. The monoisotopic (exact) mass is 261 g/mol. The van der Waals surface area contributed by atoms with Gasteiger partial charge in [0.1, 0.15) is 10.8 Å². The summed E-state index contributed by atoms with van der Waals surface area (Å²) < 4.78 is 40.4. The normalized spacial score (nSPS) is 12.4. The molecule has 1 aromatic heterocycles. The highest BCUT2D eigenvalue weighted by Crippen LogP contribution is 2.29. The van der Waals surface area contributed by atoms with Crippen LogP contribution in [-0.2, 0) is 0 Å². The zero-order valence-corrected chi connectivity index (χ0v) is 9.05. The lowest BCUT2D eigenvalue weighted by atomic mass is 10.3. The van der Waals surface area contributed by atoms with Crippen molar-refractivity contribution in [3.8, 4) is 5.75 Å². The molecule has 17 heavy (non-hydrogen) atoms. The largest absolute Gasteiger partial charge is 0.573 e. The molecule has 90 valence electrons. The van der Waals surface area contributed by atoms with Crippen LogP contribution in [0.25, 0.3) is 10.2 Å². The smallest absolute Gasteiger partial charge is 0.406 e. The quantitative estimate of drug-likeness (QED) is 0.513. The maximum atomic E-state index is 12.0. The Balaban J connectivity index is 2.36. The Morgan fingerprint density at radius 1 is 1.41 bits per heavy atom. The summed E-state index contributed by atoms with van der Waals surface area (Å²) in [6, 6.07) is 3.92. The minimum atomic E-state index is -4.69. The van der Waals surface area contributed by atoms with Gasteiger partial charge in [-0.15, -0.1) is 24.5 Å². The molecule has 0 aliphatic carbocycles. The molecule has 0 bridgehead atoms. The van der Waals surface area contributed by atoms with Crippen LogP contribution in [0.5, 0.6) is 5.75 Å². The molecule has 0 radical (unpaired) electrons. The van der Waals surface area contributed by atoms with Gasteiger partial charge in [-0.2, -0.15) is 5.10 Å². The summed E-state index contributed by atoms with van der Waals surface area (Å²) in [5, 5.41) is 3.81. The predicted molar refractivity (Wildman–Crippen MR) is 58.1 cm³/mol. The van der Waals surface area contributed by atoms with Crippen molar-refractivity contribution in [2.75, 3.05) is 0 Å². The number of ether oxygens (including phenoxy) is 1. The third-order valence-electron chi connectivity index (χ3n) is 1.79. The number of benzene rings is 1. The molecule has 8 heteroatoms. The molecule has 0 aliphatic rings. The maximum absolute atomic E-state index is 12.0. The highest BCUT2D eigenvalue weighted by Gasteiger charge is 2.31. The van der Waals surface area contributed by atoms with Crippen LogP contribution in [0.1, 0.15) is 5.01 Å². The van der Waals surface area contributed by atoms with Crippen LogP contribution < -0.4 is 10.6 Å². The Morgan fingerprint density at radius 2 is 2.18 bits per heavy atom. The molecule has 2 aromatic rings. The molecule has 0 aliphatic heterocycles. The molecule has 0 spiro atoms. The van der Waals surface area contributed by atoms with Gasteiger partial charge in [-0.05, 0) is 18.2 Å². The van der Waals surface area contributed by atoms with Gasteiger partial charge in [-0.1, -0.05) is 0 Å². The second kappa shape index (κ2) is 4.21. The van der Waals surface area contributed by atoms with E-state index in [1.54, 1.807) is 0 Å². The van der Waals surface area contributed by atoms with Crippen LogP contribution in [-0.4, -0.2) is 17.6 Å². The Hall–Kier alpha value is -1.83. The second-order valence-corrected chi connectivity index (χ2v) is 4.07. The van der Waals surface area contributed by atoms with Crippen molar-refractivity contribution in [1.29, 1.82) is 0 Å². The molecule has 1 aromatic carbocycles. The van der Waals surface area contributed by atoms with Crippen molar-refractivity contribution < 1.29 is 17.9 Å². The van der Waals surface area contributed by atoms with Crippen LogP contribution in [0, 0.1) is 0 Å². The molecular formula is C9H6F3N3OS. The van der Waals surface area contributed by atoms with Crippen molar-refractivity contribution in [2.24, 2.45) is 10.9 Å². The van der Waals surface area contributed by atoms with Gasteiger partial charge < -0.3 is 10.6 Å². The lowest BCUT2D eigenvalue weighted by molar-refractivity contribution is -0.274. The number of fused-ring (bicyclic) bond motifs is 1. The van der Waals surface area contributed by atoms with Gasteiger partial charge in [0.25, 0.3) is 0 Å². The van der Waals surface area contributed by atoms with Crippen LogP contribution in [0.15, 0.2) is 23.3 Å². The van der Waals surface area contributed by atoms with E-state index in [4.69, 9.17) is 5.84 Å².